The molecule has 0 aliphatic heterocycles. The zero-order valence-corrected chi connectivity index (χ0v) is 14.3. The van der Waals surface area contributed by atoms with Crippen molar-refractivity contribution < 1.29 is 9.53 Å². The first-order valence-electron chi connectivity index (χ1n) is 8.03. The average molecular weight is 350 g/mol. The zero-order chi connectivity index (χ0) is 18.4. The summed E-state index contributed by atoms with van der Waals surface area (Å²) in [5, 5.41) is 2.75. The van der Waals surface area contributed by atoms with E-state index in [-0.39, 0.29) is 18.0 Å². The molecular formula is C19H18N4O3. The average Bonchev–Trinajstić information content (AvgIpc) is 2.68. The predicted octanol–water partition coefficient (Wildman–Crippen LogP) is 1.63. The van der Waals surface area contributed by atoms with Crippen molar-refractivity contribution in [2.24, 2.45) is 0 Å². The number of aromatic nitrogens is 3. The van der Waals surface area contributed by atoms with Gasteiger partial charge in [-0.3, -0.25) is 19.1 Å². The third-order valence-corrected chi connectivity index (χ3v) is 3.79. The summed E-state index contributed by atoms with van der Waals surface area (Å²) in [5.41, 5.74) is 1.80. The zero-order valence-electron chi connectivity index (χ0n) is 14.3. The van der Waals surface area contributed by atoms with E-state index < -0.39 is 0 Å². The van der Waals surface area contributed by atoms with Gasteiger partial charge in [0.05, 0.1) is 19.1 Å². The number of ether oxygens (including phenoxy) is 1. The minimum atomic E-state index is -0.308. The second-order valence-electron chi connectivity index (χ2n) is 5.58. The van der Waals surface area contributed by atoms with Gasteiger partial charge in [0.1, 0.15) is 12.3 Å². The first-order chi connectivity index (χ1) is 12.7. The third-order valence-electron chi connectivity index (χ3n) is 3.79. The minimum Gasteiger partial charge on any atom is -0.496 e. The number of hydrogen-bond acceptors (Lipinski definition) is 5. The number of carbonyl (C=O) groups is 1. The van der Waals surface area contributed by atoms with Crippen LogP contribution in [0.1, 0.15) is 5.56 Å². The summed E-state index contributed by atoms with van der Waals surface area (Å²) in [6, 6.07) is 12.4. The molecule has 2 aromatic heterocycles. The smallest absolute Gasteiger partial charge is 0.254 e. The summed E-state index contributed by atoms with van der Waals surface area (Å²) in [6.07, 6.45) is 4.71. The number of amides is 1. The quantitative estimate of drug-likeness (QED) is 0.730. The van der Waals surface area contributed by atoms with Crippen LogP contribution >= 0.6 is 0 Å². The molecule has 1 amide bonds. The fourth-order valence-corrected chi connectivity index (χ4v) is 2.46. The topological polar surface area (TPSA) is 86.1 Å². The first-order valence-corrected chi connectivity index (χ1v) is 8.03. The van der Waals surface area contributed by atoms with Crippen LogP contribution in [-0.2, 0) is 17.9 Å². The van der Waals surface area contributed by atoms with E-state index in [2.05, 4.69) is 15.3 Å². The van der Waals surface area contributed by atoms with Crippen molar-refractivity contribution in [3.05, 3.63) is 77.1 Å². The maximum atomic E-state index is 12.3. The summed E-state index contributed by atoms with van der Waals surface area (Å²) in [6.45, 7) is 0.256. The molecule has 0 radical (unpaired) electrons. The summed E-state index contributed by atoms with van der Waals surface area (Å²) in [7, 11) is 1.56. The highest BCUT2D eigenvalue weighted by molar-refractivity contribution is 5.75. The Morgan fingerprint density at radius 1 is 1.23 bits per heavy atom. The molecule has 7 nitrogen and oxygen atoms in total. The number of hydrogen-bond donors (Lipinski definition) is 1. The highest BCUT2D eigenvalue weighted by Gasteiger charge is 2.10. The summed E-state index contributed by atoms with van der Waals surface area (Å²) >= 11 is 0. The molecule has 2 heterocycles. The molecule has 0 aliphatic rings. The van der Waals surface area contributed by atoms with Crippen LogP contribution in [-0.4, -0.2) is 27.6 Å². The largest absolute Gasteiger partial charge is 0.496 e. The number of rotatable bonds is 6. The predicted molar refractivity (Wildman–Crippen MR) is 96.6 cm³/mol. The van der Waals surface area contributed by atoms with Crippen molar-refractivity contribution in [2.45, 2.75) is 13.1 Å². The van der Waals surface area contributed by atoms with Crippen molar-refractivity contribution in [3.63, 3.8) is 0 Å². The molecule has 0 spiro atoms. The van der Waals surface area contributed by atoms with Crippen LogP contribution in [0.3, 0.4) is 0 Å². The fourth-order valence-electron chi connectivity index (χ4n) is 2.46. The van der Waals surface area contributed by atoms with Gasteiger partial charge >= 0.3 is 0 Å². The molecule has 0 saturated carbocycles. The SMILES string of the molecule is COc1ccccc1-c1cc(=O)n(CC(=O)NCc2cccnc2)cn1. The van der Waals surface area contributed by atoms with Gasteiger partial charge in [0.15, 0.2) is 0 Å². The van der Waals surface area contributed by atoms with E-state index in [0.717, 1.165) is 11.1 Å². The van der Waals surface area contributed by atoms with Crippen molar-refractivity contribution >= 4 is 5.91 Å². The van der Waals surface area contributed by atoms with Crippen molar-refractivity contribution in [1.82, 2.24) is 19.9 Å². The van der Waals surface area contributed by atoms with E-state index >= 15 is 0 Å². The van der Waals surface area contributed by atoms with Gasteiger partial charge in [0, 0.05) is 30.6 Å². The summed E-state index contributed by atoms with van der Waals surface area (Å²) in [5.74, 6) is 0.356. The Bertz CT molecular complexity index is 954. The van der Waals surface area contributed by atoms with Crippen LogP contribution < -0.4 is 15.6 Å². The molecule has 3 rings (SSSR count). The Kier molecular flexibility index (Phi) is 5.38. The maximum Gasteiger partial charge on any atom is 0.254 e. The number of methoxy groups -OCH3 is 1. The maximum absolute atomic E-state index is 12.3. The van der Waals surface area contributed by atoms with Gasteiger partial charge in [-0.05, 0) is 23.8 Å². The first kappa shape index (κ1) is 17.3. The van der Waals surface area contributed by atoms with E-state index in [1.54, 1.807) is 31.6 Å². The summed E-state index contributed by atoms with van der Waals surface area (Å²) in [4.78, 5) is 32.6. The molecule has 0 bridgehead atoms. The lowest BCUT2D eigenvalue weighted by atomic mass is 10.1. The Morgan fingerprint density at radius 3 is 2.81 bits per heavy atom. The van der Waals surface area contributed by atoms with Crippen LogP contribution in [0.25, 0.3) is 11.3 Å². The highest BCUT2D eigenvalue weighted by Crippen LogP contribution is 2.26. The normalized spacial score (nSPS) is 10.3. The Hall–Kier alpha value is -3.48. The van der Waals surface area contributed by atoms with Crippen LogP contribution in [0.4, 0.5) is 0 Å². The number of carbonyl (C=O) groups excluding carboxylic acids is 1. The second-order valence-corrected chi connectivity index (χ2v) is 5.58. The number of pyridine rings is 1. The highest BCUT2D eigenvalue weighted by atomic mass is 16.5. The molecule has 1 aromatic carbocycles. The van der Waals surface area contributed by atoms with Gasteiger partial charge in [-0.15, -0.1) is 0 Å². The Labute approximate surface area is 150 Å². The molecule has 0 aliphatic carbocycles. The molecule has 3 aromatic rings. The van der Waals surface area contributed by atoms with Gasteiger partial charge in [0.25, 0.3) is 5.56 Å². The lowest BCUT2D eigenvalue weighted by Gasteiger charge is -2.10. The molecule has 0 saturated heterocycles. The summed E-state index contributed by atoms with van der Waals surface area (Å²) < 4.78 is 6.55. The van der Waals surface area contributed by atoms with Gasteiger partial charge in [0.2, 0.25) is 5.91 Å². The van der Waals surface area contributed by atoms with Gasteiger partial charge in [-0.25, -0.2) is 4.98 Å². The number of nitrogens with one attached hydrogen (secondary N) is 1. The molecule has 1 N–H and O–H groups in total. The second kappa shape index (κ2) is 8.06. The van der Waals surface area contributed by atoms with Crippen LogP contribution in [0.5, 0.6) is 5.75 Å². The molecule has 0 fully saturated rings. The minimum absolute atomic E-state index is 0.0989. The fraction of sp³-hybridized carbons (Fsp3) is 0.158. The molecule has 132 valence electrons. The van der Waals surface area contributed by atoms with Crippen molar-refractivity contribution in [3.8, 4) is 17.0 Å². The molecule has 0 atom stereocenters. The van der Waals surface area contributed by atoms with Gasteiger partial charge in [-0.1, -0.05) is 18.2 Å². The number of nitrogens with zero attached hydrogens (tertiary/aromatic N) is 3. The van der Waals surface area contributed by atoms with Crippen LogP contribution in [0, 0.1) is 0 Å². The van der Waals surface area contributed by atoms with Crippen LogP contribution in [0.15, 0.2) is 66.0 Å². The van der Waals surface area contributed by atoms with E-state index in [0.29, 0.717) is 18.0 Å². The Morgan fingerprint density at radius 2 is 2.08 bits per heavy atom. The van der Waals surface area contributed by atoms with E-state index in [1.807, 2.05) is 24.3 Å². The molecule has 7 heteroatoms. The third kappa shape index (κ3) is 4.13. The van der Waals surface area contributed by atoms with E-state index in [9.17, 15) is 9.59 Å². The van der Waals surface area contributed by atoms with Gasteiger partial charge < -0.3 is 10.1 Å². The molecular weight excluding hydrogens is 332 g/mol. The lowest BCUT2D eigenvalue weighted by Crippen LogP contribution is -2.32. The monoisotopic (exact) mass is 350 g/mol. The Balaban J connectivity index is 1.70. The molecule has 0 unspecified atom stereocenters. The van der Waals surface area contributed by atoms with E-state index in [1.165, 1.54) is 17.0 Å². The van der Waals surface area contributed by atoms with Gasteiger partial charge in [-0.2, -0.15) is 0 Å². The lowest BCUT2D eigenvalue weighted by molar-refractivity contribution is -0.121. The van der Waals surface area contributed by atoms with Crippen molar-refractivity contribution in [1.29, 1.82) is 0 Å². The van der Waals surface area contributed by atoms with E-state index in [4.69, 9.17) is 4.74 Å². The van der Waals surface area contributed by atoms with Crippen molar-refractivity contribution in [2.75, 3.05) is 7.11 Å². The standard InChI is InChI=1S/C19H18N4O3/c1-26-17-7-3-2-6-15(17)16-9-19(25)23(13-22-16)12-18(24)21-11-14-5-4-8-20-10-14/h2-10,13H,11-12H2,1H3,(H,21,24). The van der Waals surface area contributed by atoms with Crippen LogP contribution in [0.2, 0.25) is 0 Å². The number of benzene rings is 1. The number of para-hydroxylation sites is 1. The molecule has 26 heavy (non-hydrogen) atoms.